The maximum absolute atomic E-state index is 13.6. The lowest BCUT2D eigenvalue weighted by Gasteiger charge is -2.37. The van der Waals surface area contributed by atoms with Crippen molar-refractivity contribution in [2.45, 2.75) is 25.8 Å². The second-order valence-corrected chi connectivity index (χ2v) is 8.25. The highest BCUT2D eigenvalue weighted by atomic mass is 16.6. The summed E-state index contributed by atoms with van der Waals surface area (Å²) >= 11 is 0. The zero-order valence-corrected chi connectivity index (χ0v) is 20.0. The van der Waals surface area contributed by atoms with E-state index in [1.807, 2.05) is 36.4 Å². The number of fused-ring (bicyclic) bond motifs is 1. The lowest BCUT2D eigenvalue weighted by Crippen LogP contribution is -2.42. The first-order valence-electron chi connectivity index (χ1n) is 11.5. The molecule has 0 saturated carbocycles. The molecule has 0 radical (unpaired) electrons. The monoisotopic (exact) mass is 476 g/mol. The Bertz CT molecular complexity index is 1220. The van der Waals surface area contributed by atoms with Gasteiger partial charge in [0.2, 0.25) is 0 Å². The predicted octanol–water partition coefficient (Wildman–Crippen LogP) is 4.99. The number of nitro benzene ring substituents is 1. The summed E-state index contributed by atoms with van der Waals surface area (Å²) in [6.07, 6.45) is 1.50. The molecule has 1 heterocycles. The van der Waals surface area contributed by atoms with Crippen molar-refractivity contribution in [3.8, 4) is 17.2 Å². The van der Waals surface area contributed by atoms with Crippen LogP contribution >= 0.6 is 0 Å². The fraction of sp³-hybridized carbons (Fsp3) is 0.296. The van der Waals surface area contributed by atoms with Gasteiger partial charge in [0, 0.05) is 12.6 Å². The first kappa shape index (κ1) is 24.1. The summed E-state index contributed by atoms with van der Waals surface area (Å²) in [6, 6.07) is 17.2. The minimum Gasteiger partial charge on any atom is -0.493 e. The van der Waals surface area contributed by atoms with Gasteiger partial charge in [-0.3, -0.25) is 14.9 Å². The molecule has 0 spiro atoms. The van der Waals surface area contributed by atoms with Gasteiger partial charge in [0.25, 0.3) is 11.6 Å². The van der Waals surface area contributed by atoms with Crippen LogP contribution in [0.25, 0.3) is 0 Å². The fourth-order valence-electron chi connectivity index (χ4n) is 4.42. The largest absolute Gasteiger partial charge is 0.493 e. The summed E-state index contributed by atoms with van der Waals surface area (Å²) in [5.41, 5.74) is 2.92. The molecular formula is C27H28N2O6. The number of nitrogens with zero attached hydrogens (tertiary/aromatic N) is 2. The van der Waals surface area contributed by atoms with Crippen LogP contribution in [0.3, 0.4) is 0 Å². The van der Waals surface area contributed by atoms with Crippen LogP contribution in [0.2, 0.25) is 0 Å². The molecule has 1 aliphatic rings. The van der Waals surface area contributed by atoms with Gasteiger partial charge in [-0.05, 0) is 59.9 Å². The summed E-state index contributed by atoms with van der Waals surface area (Å²) < 4.78 is 17.1. The van der Waals surface area contributed by atoms with Gasteiger partial charge in [0.05, 0.1) is 25.2 Å². The highest BCUT2D eigenvalue weighted by Gasteiger charge is 2.35. The minimum atomic E-state index is -0.528. The lowest BCUT2D eigenvalue weighted by molar-refractivity contribution is -0.385. The summed E-state index contributed by atoms with van der Waals surface area (Å²) in [6.45, 7) is 2.65. The molecule has 0 N–H and O–H groups in total. The molecule has 35 heavy (non-hydrogen) atoms. The van der Waals surface area contributed by atoms with Crippen LogP contribution in [0, 0.1) is 10.1 Å². The molecule has 0 unspecified atom stereocenters. The van der Waals surface area contributed by atoms with Gasteiger partial charge in [-0.1, -0.05) is 31.2 Å². The van der Waals surface area contributed by atoms with Crippen LogP contribution in [-0.2, 0) is 12.8 Å². The third kappa shape index (κ3) is 4.91. The quantitative estimate of drug-likeness (QED) is 0.336. The van der Waals surface area contributed by atoms with Crippen molar-refractivity contribution >= 4 is 11.6 Å². The molecule has 0 aliphatic carbocycles. The van der Waals surface area contributed by atoms with Crippen molar-refractivity contribution in [2.75, 3.05) is 27.4 Å². The van der Waals surface area contributed by atoms with Gasteiger partial charge in [-0.25, -0.2) is 0 Å². The summed E-state index contributed by atoms with van der Waals surface area (Å²) in [5, 5.41) is 11.6. The molecule has 1 amide bonds. The van der Waals surface area contributed by atoms with Gasteiger partial charge in [0.15, 0.2) is 11.5 Å². The van der Waals surface area contributed by atoms with Crippen molar-refractivity contribution in [3.05, 3.63) is 93.0 Å². The number of ether oxygens (including phenoxy) is 3. The molecule has 1 atom stereocenters. The lowest BCUT2D eigenvalue weighted by atomic mass is 9.91. The first-order chi connectivity index (χ1) is 17.0. The maximum atomic E-state index is 13.6. The number of hydrogen-bond donors (Lipinski definition) is 0. The van der Waals surface area contributed by atoms with Crippen LogP contribution < -0.4 is 14.2 Å². The van der Waals surface area contributed by atoms with Crippen molar-refractivity contribution in [1.82, 2.24) is 4.90 Å². The van der Waals surface area contributed by atoms with E-state index in [0.29, 0.717) is 30.2 Å². The molecule has 0 saturated heterocycles. The van der Waals surface area contributed by atoms with E-state index in [1.54, 1.807) is 31.3 Å². The van der Waals surface area contributed by atoms with E-state index in [9.17, 15) is 14.9 Å². The standard InChI is InChI=1S/C27H28N2O6/c1-4-18-9-11-20(12-10-18)35-17-24-22-16-26(34-3)25(33-2)15-19(22)13-14-28(24)27(30)21-7-5-6-8-23(21)29(31)32/h5-12,15-16,24H,4,13-14,17H2,1-3H3/t24-/m1/s1. The van der Waals surface area contributed by atoms with Crippen LogP contribution in [0.4, 0.5) is 5.69 Å². The number of amides is 1. The molecule has 8 nitrogen and oxygen atoms in total. The molecule has 0 bridgehead atoms. The Kier molecular flexibility index (Phi) is 7.19. The SMILES string of the molecule is CCc1ccc(OC[C@@H]2c3cc(OC)c(OC)cc3CCN2C(=O)c2ccccc2[N+](=O)[O-])cc1. The Morgan fingerprint density at radius 2 is 1.74 bits per heavy atom. The Balaban J connectivity index is 1.72. The van der Waals surface area contributed by atoms with Gasteiger partial charge < -0.3 is 19.1 Å². The molecule has 3 aromatic rings. The molecule has 0 fully saturated rings. The fourth-order valence-corrected chi connectivity index (χ4v) is 4.42. The predicted molar refractivity (Wildman–Crippen MR) is 131 cm³/mol. The van der Waals surface area contributed by atoms with E-state index in [1.165, 1.54) is 17.7 Å². The molecule has 1 aliphatic heterocycles. The molecular weight excluding hydrogens is 448 g/mol. The number of carbonyl (C=O) groups is 1. The summed E-state index contributed by atoms with van der Waals surface area (Å²) in [7, 11) is 3.14. The van der Waals surface area contributed by atoms with Crippen LogP contribution in [-0.4, -0.2) is 43.1 Å². The number of hydrogen-bond acceptors (Lipinski definition) is 6. The first-order valence-corrected chi connectivity index (χ1v) is 11.5. The Morgan fingerprint density at radius 3 is 2.40 bits per heavy atom. The second-order valence-electron chi connectivity index (χ2n) is 8.25. The van der Waals surface area contributed by atoms with Crippen molar-refractivity contribution in [2.24, 2.45) is 0 Å². The molecule has 182 valence electrons. The number of aryl methyl sites for hydroxylation is 1. The zero-order valence-electron chi connectivity index (χ0n) is 20.0. The van der Waals surface area contributed by atoms with E-state index in [-0.39, 0.29) is 17.9 Å². The normalized spacial score (nSPS) is 14.7. The van der Waals surface area contributed by atoms with Crippen LogP contribution in [0.15, 0.2) is 60.7 Å². The van der Waals surface area contributed by atoms with Crippen LogP contribution in [0.1, 0.15) is 40.0 Å². The number of rotatable bonds is 8. The Labute approximate surface area is 204 Å². The van der Waals surface area contributed by atoms with Gasteiger partial charge >= 0.3 is 0 Å². The molecule has 3 aromatic carbocycles. The van der Waals surface area contributed by atoms with E-state index in [2.05, 4.69) is 6.92 Å². The van der Waals surface area contributed by atoms with E-state index in [4.69, 9.17) is 14.2 Å². The van der Waals surface area contributed by atoms with Gasteiger partial charge in [-0.15, -0.1) is 0 Å². The molecule has 4 rings (SSSR count). The van der Waals surface area contributed by atoms with Crippen molar-refractivity contribution in [1.29, 1.82) is 0 Å². The third-order valence-electron chi connectivity index (χ3n) is 6.33. The third-order valence-corrected chi connectivity index (χ3v) is 6.33. The number of para-hydroxylation sites is 1. The summed E-state index contributed by atoms with van der Waals surface area (Å²) in [4.78, 5) is 26.3. The number of benzene rings is 3. The van der Waals surface area contributed by atoms with E-state index < -0.39 is 16.9 Å². The molecule has 8 heteroatoms. The van der Waals surface area contributed by atoms with Crippen LogP contribution in [0.5, 0.6) is 17.2 Å². The maximum Gasteiger partial charge on any atom is 0.282 e. The topological polar surface area (TPSA) is 91.1 Å². The smallest absolute Gasteiger partial charge is 0.282 e. The van der Waals surface area contributed by atoms with Gasteiger partial charge in [0.1, 0.15) is 17.9 Å². The van der Waals surface area contributed by atoms with E-state index in [0.717, 1.165) is 17.5 Å². The average Bonchev–Trinajstić information content (AvgIpc) is 2.90. The second kappa shape index (κ2) is 10.5. The van der Waals surface area contributed by atoms with Crippen molar-refractivity contribution in [3.63, 3.8) is 0 Å². The summed E-state index contributed by atoms with van der Waals surface area (Å²) in [5.74, 6) is 1.43. The number of methoxy groups -OCH3 is 2. The number of nitro groups is 1. The van der Waals surface area contributed by atoms with Crippen molar-refractivity contribution < 1.29 is 23.9 Å². The average molecular weight is 477 g/mol. The number of carbonyl (C=O) groups excluding carboxylic acids is 1. The Morgan fingerprint density at radius 1 is 1.06 bits per heavy atom. The highest BCUT2D eigenvalue weighted by molar-refractivity contribution is 5.98. The Hall–Kier alpha value is -4.07. The zero-order chi connectivity index (χ0) is 24.9. The van der Waals surface area contributed by atoms with Gasteiger partial charge in [-0.2, -0.15) is 0 Å². The van der Waals surface area contributed by atoms with E-state index >= 15 is 0 Å². The minimum absolute atomic E-state index is 0.0544. The molecule has 0 aromatic heterocycles. The highest BCUT2D eigenvalue weighted by Crippen LogP contribution is 2.39.